The summed E-state index contributed by atoms with van der Waals surface area (Å²) in [5, 5.41) is 7.47. The van der Waals surface area contributed by atoms with E-state index in [0.29, 0.717) is 12.1 Å². The molecule has 0 bridgehead atoms. The first kappa shape index (κ1) is 14.8. The molecule has 7 heteroatoms. The van der Waals surface area contributed by atoms with Gasteiger partial charge in [-0.15, -0.1) is 0 Å². The molecule has 0 aliphatic rings. The Morgan fingerprint density at radius 2 is 2.15 bits per heavy atom. The summed E-state index contributed by atoms with van der Waals surface area (Å²) < 4.78 is 1.73. The minimum absolute atomic E-state index is 0.0944. The maximum Gasteiger partial charge on any atom is 0.254 e. The average Bonchev–Trinajstić information content (AvgIpc) is 2.76. The van der Waals surface area contributed by atoms with Crippen LogP contribution in [0.25, 0.3) is 0 Å². The lowest BCUT2D eigenvalue weighted by atomic mass is 10.2. The van der Waals surface area contributed by atoms with E-state index >= 15 is 0 Å². The molecule has 0 aliphatic heterocycles. The molecule has 0 unspecified atom stereocenters. The fraction of sp³-hybridized carbons (Fsp3) is 0.308. The van der Waals surface area contributed by atoms with Crippen molar-refractivity contribution in [3.8, 4) is 0 Å². The molecule has 1 amide bonds. The number of aryl methyl sites for hydroxylation is 2. The third kappa shape index (κ3) is 3.29. The number of hydrogen-bond acceptors (Lipinski definition) is 3. The quantitative estimate of drug-likeness (QED) is 0.883. The monoisotopic (exact) mass is 312 g/mol. The number of nitrogens with zero attached hydrogens (tertiary/aromatic N) is 3. The van der Waals surface area contributed by atoms with Crippen LogP contribution in [0.4, 0.5) is 0 Å². The van der Waals surface area contributed by atoms with Gasteiger partial charge in [0.15, 0.2) is 0 Å². The van der Waals surface area contributed by atoms with Crippen LogP contribution >= 0.6 is 23.2 Å². The second kappa shape index (κ2) is 6.24. The van der Waals surface area contributed by atoms with Crippen LogP contribution < -0.4 is 5.32 Å². The van der Waals surface area contributed by atoms with Gasteiger partial charge in [0.05, 0.1) is 11.3 Å². The predicted octanol–water partition coefficient (Wildman–Crippen LogP) is 2.61. The molecule has 0 atom stereocenters. The third-order valence-corrected chi connectivity index (χ3v) is 3.32. The number of aromatic nitrogens is 3. The summed E-state index contributed by atoms with van der Waals surface area (Å²) in [7, 11) is 1.85. The second-order valence-corrected chi connectivity index (χ2v) is 5.03. The first-order valence-electron chi connectivity index (χ1n) is 6.13. The Morgan fingerprint density at radius 1 is 1.40 bits per heavy atom. The van der Waals surface area contributed by atoms with E-state index in [9.17, 15) is 4.79 Å². The molecule has 0 aliphatic carbocycles. The van der Waals surface area contributed by atoms with Gasteiger partial charge in [0.2, 0.25) is 0 Å². The predicted molar refractivity (Wildman–Crippen MR) is 78.0 cm³/mol. The molecule has 0 aromatic carbocycles. The van der Waals surface area contributed by atoms with Gasteiger partial charge in [0, 0.05) is 25.4 Å². The van der Waals surface area contributed by atoms with Crippen molar-refractivity contribution in [1.82, 2.24) is 20.1 Å². The van der Waals surface area contributed by atoms with Crippen molar-refractivity contribution in [1.29, 1.82) is 0 Å². The Balaban J connectivity index is 2.08. The summed E-state index contributed by atoms with van der Waals surface area (Å²) in [6.07, 6.45) is 2.70. The second-order valence-electron chi connectivity index (χ2n) is 4.28. The van der Waals surface area contributed by atoms with E-state index in [0.717, 1.165) is 17.7 Å². The Labute approximate surface area is 126 Å². The minimum Gasteiger partial charge on any atom is -0.348 e. The average molecular weight is 313 g/mol. The smallest absolute Gasteiger partial charge is 0.254 e. The molecule has 1 N–H and O–H groups in total. The van der Waals surface area contributed by atoms with Crippen LogP contribution in [-0.2, 0) is 20.0 Å². The van der Waals surface area contributed by atoms with Crippen molar-refractivity contribution in [3.05, 3.63) is 45.5 Å². The fourth-order valence-electron chi connectivity index (χ4n) is 1.88. The number of hydrogen-bond donors (Lipinski definition) is 1. The first-order chi connectivity index (χ1) is 9.51. The van der Waals surface area contributed by atoms with Gasteiger partial charge in [-0.05, 0) is 18.6 Å². The Hall–Kier alpha value is -1.59. The van der Waals surface area contributed by atoms with Gasteiger partial charge >= 0.3 is 0 Å². The third-order valence-electron chi connectivity index (χ3n) is 2.83. The molecule has 2 heterocycles. The van der Waals surface area contributed by atoms with Crippen molar-refractivity contribution < 1.29 is 4.79 Å². The Kier molecular flexibility index (Phi) is 4.62. The standard InChI is InChI=1S/C13H14Cl2N4O/c1-3-10-8(7-19(2)18-10)6-16-13(20)9-4-5-11(14)17-12(9)15/h4-5,7H,3,6H2,1-2H3,(H,16,20). The van der Waals surface area contributed by atoms with Crippen LogP contribution in [-0.4, -0.2) is 20.7 Å². The summed E-state index contributed by atoms with van der Waals surface area (Å²) in [4.78, 5) is 15.9. The summed E-state index contributed by atoms with van der Waals surface area (Å²) >= 11 is 11.6. The zero-order valence-electron chi connectivity index (χ0n) is 11.2. The van der Waals surface area contributed by atoms with Crippen molar-refractivity contribution in [2.75, 3.05) is 0 Å². The molecule has 2 rings (SSSR count). The van der Waals surface area contributed by atoms with Gasteiger partial charge in [-0.1, -0.05) is 30.1 Å². The van der Waals surface area contributed by atoms with Gasteiger partial charge in [0.25, 0.3) is 5.91 Å². The minimum atomic E-state index is -0.287. The zero-order chi connectivity index (χ0) is 14.7. The molecule has 0 saturated heterocycles. The SMILES string of the molecule is CCc1nn(C)cc1CNC(=O)c1ccc(Cl)nc1Cl. The van der Waals surface area contributed by atoms with Crippen LogP contribution in [0, 0.1) is 0 Å². The van der Waals surface area contributed by atoms with Gasteiger partial charge in [-0.25, -0.2) is 4.98 Å². The molecule has 106 valence electrons. The van der Waals surface area contributed by atoms with Crippen molar-refractivity contribution in [2.45, 2.75) is 19.9 Å². The van der Waals surface area contributed by atoms with E-state index in [-0.39, 0.29) is 16.2 Å². The zero-order valence-corrected chi connectivity index (χ0v) is 12.7. The van der Waals surface area contributed by atoms with Gasteiger partial charge in [-0.3, -0.25) is 9.48 Å². The summed E-state index contributed by atoms with van der Waals surface area (Å²) in [5.41, 5.74) is 2.26. The number of carbonyl (C=O) groups excluding carboxylic acids is 1. The fourth-order valence-corrected chi connectivity index (χ4v) is 2.31. The van der Waals surface area contributed by atoms with Gasteiger partial charge in [-0.2, -0.15) is 5.10 Å². The number of halogens is 2. The Morgan fingerprint density at radius 3 is 2.80 bits per heavy atom. The first-order valence-corrected chi connectivity index (χ1v) is 6.88. The Bertz CT molecular complexity index is 639. The van der Waals surface area contributed by atoms with Gasteiger partial charge < -0.3 is 5.32 Å². The molecule has 0 fully saturated rings. The van der Waals surface area contributed by atoms with E-state index in [1.54, 1.807) is 10.7 Å². The van der Waals surface area contributed by atoms with E-state index in [1.807, 2.05) is 20.2 Å². The number of pyridine rings is 1. The largest absolute Gasteiger partial charge is 0.348 e. The normalized spacial score (nSPS) is 10.6. The van der Waals surface area contributed by atoms with Crippen molar-refractivity contribution >= 4 is 29.1 Å². The number of amides is 1. The molecule has 0 radical (unpaired) electrons. The summed E-state index contributed by atoms with van der Waals surface area (Å²) in [6, 6.07) is 3.08. The van der Waals surface area contributed by atoms with Crippen LogP contribution in [0.2, 0.25) is 10.3 Å². The topological polar surface area (TPSA) is 59.8 Å². The van der Waals surface area contributed by atoms with Crippen molar-refractivity contribution in [2.24, 2.45) is 7.05 Å². The van der Waals surface area contributed by atoms with Crippen LogP contribution in [0.1, 0.15) is 28.5 Å². The van der Waals surface area contributed by atoms with E-state index in [1.165, 1.54) is 6.07 Å². The molecule has 2 aromatic rings. The lowest BCUT2D eigenvalue weighted by Gasteiger charge is -2.06. The molecular formula is C13H14Cl2N4O. The van der Waals surface area contributed by atoms with E-state index < -0.39 is 0 Å². The summed E-state index contributed by atoms with van der Waals surface area (Å²) in [5.74, 6) is -0.287. The van der Waals surface area contributed by atoms with Crippen molar-refractivity contribution in [3.63, 3.8) is 0 Å². The number of rotatable bonds is 4. The highest BCUT2D eigenvalue weighted by Gasteiger charge is 2.13. The molecule has 0 spiro atoms. The van der Waals surface area contributed by atoms with Crippen LogP contribution in [0.3, 0.4) is 0 Å². The maximum atomic E-state index is 12.1. The van der Waals surface area contributed by atoms with E-state index in [4.69, 9.17) is 23.2 Å². The highest BCUT2D eigenvalue weighted by atomic mass is 35.5. The maximum absolute atomic E-state index is 12.1. The van der Waals surface area contributed by atoms with Crippen LogP contribution in [0.15, 0.2) is 18.3 Å². The number of nitrogens with one attached hydrogen (secondary N) is 1. The summed E-state index contributed by atoms with van der Waals surface area (Å²) in [6.45, 7) is 2.42. The molecule has 20 heavy (non-hydrogen) atoms. The highest BCUT2D eigenvalue weighted by molar-refractivity contribution is 6.34. The van der Waals surface area contributed by atoms with E-state index in [2.05, 4.69) is 15.4 Å². The lowest BCUT2D eigenvalue weighted by Crippen LogP contribution is -2.23. The number of carbonyl (C=O) groups is 1. The van der Waals surface area contributed by atoms with Gasteiger partial charge in [0.1, 0.15) is 10.3 Å². The molecular weight excluding hydrogens is 299 g/mol. The molecule has 5 nitrogen and oxygen atoms in total. The molecule has 2 aromatic heterocycles. The highest BCUT2D eigenvalue weighted by Crippen LogP contribution is 2.16. The lowest BCUT2D eigenvalue weighted by molar-refractivity contribution is 0.0950. The molecule has 0 saturated carbocycles. The van der Waals surface area contributed by atoms with Crippen LogP contribution in [0.5, 0.6) is 0 Å².